The highest BCUT2D eigenvalue weighted by Gasteiger charge is 2.27. The Morgan fingerprint density at radius 2 is 1.55 bits per heavy atom. The third-order valence-corrected chi connectivity index (χ3v) is 8.32. The van der Waals surface area contributed by atoms with Crippen LogP contribution in [0.2, 0.25) is 5.02 Å². The van der Waals surface area contributed by atoms with Crippen molar-refractivity contribution in [1.29, 1.82) is 0 Å². The van der Waals surface area contributed by atoms with Gasteiger partial charge in [-0.3, -0.25) is 4.79 Å². The molecule has 0 aliphatic rings. The number of carbonyl (C=O) groups excluding carboxylic acids is 3. The van der Waals surface area contributed by atoms with Crippen molar-refractivity contribution in [3.63, 3.8) is 0 Å². The molecule has 6 N–H and O–H groups in total. The van der Waals surface area contributed by atoms with Gasteiger partial charge in [0.2, 0.25) is 5.91 Å². The van der Waals surface area contributed by atoms with Gasteiger partial charge in [0.25, 0.3) is 0 Å². The van der Waals surface area contributed by atoms with Crippen molar-refractivity contribution in [1.82, 2.24) is 26.3 Å². The fourth-order valence-corrected chi connectivity index (χ4v) is 5.62. The number of hydrogen-bond donors (Lipinski definition) is 6. The Kier molecular flexibility index (Phi) is 14.3. The number of fused-ring (bicyclic) bond motifs is 1. The van der Waals surface area contributed by atoms with Crippen LogP contribution in [-0.4, -0.2) is 58.4 Å². The van der Waals surface area contributed by atoms with Gasteiger partial charge in [0.05, 0.1) is 6.04 Å². The first-order valence-electron chi connectivity index (χ1n) is 16.9. The molecule has 0 aliphatic heterocycles. The first-order chi connectivity index (χ1) is 24.4. The Morgan fingerprint density at radius 1 is 0.843 bits per heavy atom. The molecule has 12 nitrogen and oxygen atoms in total. The molecule has 3 aromatic carbocycles. The Morgan fingerprint density at radius 3 is 2.27 bits per heavy atom. The molecule has 4 aromatic rings. The van der Waals surface area contributed by atoms with E-state index in [1.54, 1.807) is 39.0 Å². The minimum Gasteiger partial charge on any atom is -0.480 e. The van der Waals surface area contributed by atoms with Crippen LogP contribution in [0.15, 0.2) is 78.9 Å². The van der Waals surface area contributed by atoms with Gasteiger partial charge in [-0.1, -0.05) is 78.3 Å². The summed E-state index contributed by atoms with van der Waals surface area (Å²) in [6, 6.07) is 22.4. The third-order valence-electron chi connectivity index (χ3n) is 7.96. The smallest absolute Gasteiger partial charge is 0.408 e. The predicted octanol–water partition coefficient (Wildman–Crippen LogP) is 6.21. The molecular weight excluding hydrogens is 674 g/mol. The average molecular weight is 720 g/mol. The number of unbranched alkanes of at least 4 members (excludes halogenated alkanes) is 1. The van der Waals surface area contributed by atoms with Crippen molar-refractivity contribution < 1.29 is 33.8 Å². The van der Waals surface area contributed by atoms with Crippen molar-refractivity contribution in [3.05, 3.63) is 106 Å². The van der Waals surface area contributed by atoms with E-state index < -0.39 is 35.8 Å². The van der Waals surface area contributed by atoms with E-state index in [-0.39, 0.29) is 25.5 Å². The second kappa shape index (κ2) is 18.8. The number of aromatic amines is 1. The van der Waals surface area contributed by atoms with Crippen LogP contribution in [0, 0.1) is 0 Å². The number of aliphatic carboxylic acids is 1. The molecule has 0 fully saturated rings. The molecular formula is C38H46ClN5O7. The molecule has 0 radical (unpaired) electrons. The number of rotatable bonds is 17. The maximum atomic E-state index is 13.5. The number of carboxylic acid groups (broad SMARTS) is 1. The summed E-state index contributed by atoms with van der Waals surface area (Å²) in [5.41, 5.74) is 3.06. The lowest BCUT2D eigenvalue weighted by Gasteiger charge is -2.22. The van der Waals surface area contributed by atoms with Gasteiger partial charge in [0.1, 0.15) is 18.2 Å². The van der Waals surface area contributed by atoms with Crippen LogP contribution < -0.4 is 21.3 Å². The SMILES string of the molecule is CC(C)(C)OC(=O)N[C@H](Cc1c(CN[C@H](CCCCNC(=O)OCc2ccccc2Cl)C(=O)NCc2ccccc2)[nH]c2ccccc12)C(=O)O. The third kappa shape index (κ3) is 12.6. The van der Waals surface area contributed by atoms with Crippen molar-refractivity contribution in [3.8, 4) is 0 Å². The zero-order chi connectivity index (χ0) is 36.8. The summed E-state index contributed by atoms with van der Waals surface area (Å²) in [4.78, 5) is 53.8. The van der Waals surface area contributed by atoms with Crippen LogP contribution >= 0.6 is 11.6 Å². The molecule has 0 bridgehead atoms. The number of amides is 3. The Bertz CT molecular complexity index is 1770. The zero-order valence-electron chi connectivity index (χ0n) is 29.1. The van der Waals surface area contributed by atoms with Crippen molar-refractivity contribution in [2.24, 2.45) is 0 Å². The number of hydrogen-bond acceptors (Lipinski definition) is 7. The van der Waals surface area contributed by atoms with Crippen LogP contribution in [0.1, 0.15) is 62.4 Å². The summed E-state index contributed by atoms with van der Waals surface area (Å²) in [7, 11) is 0. The first-order valence-corrected chi connectivity index (χ1v) is 17.3. The number of alkyl carbamates (subject to hydrolysis) is 2. The van der Waals surface area contributed by atoms with E-state index in [0.717, 1.165) is 16.5 Å². The van der Waals surface area contributed by atoms with E-state index in [1.165, 1.54) is 0 Å². The summed E-state index contributed by atoms with van der Waals surface area (Å²) < 4.78 is 10.6. The highest BCUT2D eigenvalue weighted by Crippen LogP contribution is 2.25. The topological polar surface area (TPSA) is 171 Å². The molecule has 0 spiro atoms. The molecule has 0 saturated heterocycles. The van der Waals surface area contributed by atoms with Crippen molar-refractivity contribution in [2.45, 2.75) is 83.8 Å². The van der Waals surface area contributed by atoms with E-state index >= 15 is 0 Å². The number of H-pyrrole nitrogens is 1. The number of nitrogens with one attached hydrogen (secondary N) is 5. The number of halogens is 1. The van der Waals surface area contributed by atoms with Gasteiger partial charge >= 0.3 is 18.2 Å². The number of benzene rings is 3. The molecule has 0 aliphatic carbocycles. The summed E-state index contributed by atoms with van der Waals surface area (Å²) in [5.74, 6) is -1.40. The number of ether oxygens (including phenoxy) is 2. The van der Waals surface area contributed by atoms with Crippen LogP contribution in [0.5, 0.6) is 0 Å². The zero-order valence-corrected chi connectivity index (χ0v) is 29.8. The van der Waals surface area contributed by atoms with E-state index in [0.29, 0.717) is 54.2 Å². The van der Waals surface area contributed by atoms with Gasteiger partial charge < -0.3 is 40.8 Å². The molecule has 0 unspecified atom stereocenters. The van der Waals surface area contributed by atoms with E-state index in [2.05, 4.69) is 26.3 Å². The minimum atomic E-state index is -1.26. The monoisotopic (exact) mass is 719 g/mol. The quantitative estimate of drug-likeness (QED) is 0.0700. The molecule has 272 valence electrons. The Hall–Kier alpha value is -5.07. The average Bonchev–Trinajstić information content (AvgIpc) is 3.44. The molecule has 1 aromatic heterocycles. The molecule has 51 heavy (non-hydrogen) atoms. The number of para-hydroxylation sites is 1. The lowest BCUT2D eigenvalue weighted by molar-refractivity contribution is -0.139. The van der Waals surface area contributed by atoms with E-state index in [1.807, 2.05) is 60.7 Å². The van der Waals surface area contributed by atoms with Gasteiger partial charge in [-0.25, -0.2) is 14.4 Å². The fraction of sp³-hybridized carbons (Fsp3) is 0.368. The molecule has 13 heteroatoms. The summed E-state index contributed by atoms with van der Waals surface area (Å²) in [6.07, 6.45) is 0.273. The van der Waals surface area contributed by atoms with Gasteiger partial charge in [-0.05, 0) is 63.3 Å². The van der Waals surface area contributed by atoms with Crippen molar-refractivity contribution in [2.75, 3.05) is 6.54 Å². The summed E-state index contributed by atoms with van der Waals surface area (Å²) in [5, 5.41) is 22.9. The van der Waals surface area contributed by atoms with Gasteiger partial charge in [0, 0.05) is 53.2 Å². The lowest BCUT2D eigenvalue weighted by Crippen LogP contribution is -2.45. The molecule has 4 rings (SSSR count). The van der Waals surface area contributed by atoms with Crippen LogP contribution in [0.4, 0.5) is 9.59 Å². The maximum Gasteiger partial charge on any atom is 0.408 e. The highest BCUT2D eigenvalue weighted by molar-refractivity contribution is 6.31. The second-order valence-corrected chi connectivity index (χ2v) is 13.5. The Balaban J connectivity index is 1.41. The molecule has 2 atom stereocenters. The largest absolute Gasteiger partial charge is 0.480 e. The Labute approximate surface area is 302 Å². The lowest BCUT2D eigenvalue weighted by atomic mass is 10.0. The fourth-order valence-electron chi connectivity index (χ4n) is 5.43. The maximum absolute atomic E-state index is 13.5. The number of carboxylic acids is 1. The second-order valence-electron chi connectivity index (χ2n) is 13.1. The molecule has 3 amide bonds. The van der Waals surface area contributed by atoms with Gasteiger partial charge in [-0.15, -0.1) is 0 Å². The van der Waals surface area contributed by atoms with Gasteiger partial charge in [0.15, 0.2) is 0 Å². The van der Waals surface area contributed by atoms with Crippen LogP contribution in [0.25, 0.3) is 10.9 Å². The molecule has 0 saturated carbocycles. The molecule has 1 heterocycles. The number of aromatic nitrogens is 1. The first kappa shape index (κ1) is 38.7. The normalized spacial score (nSPS) is 12.5. The van der Waals surface area contributed by atoms with Gasteiger partial charge in [-0.2, -0.15) is 0 Å². The minimum absolute atomic E-state index is 0.0152. The van der Waals surface area contributed by atoms with E-state index in [9.17, 15) is 24.3 Å². The van der Waals surface area contributed by atoms with E-state index in [4.69, 9.17) is 21.1 Å². The van der Waals surface area contributed by atoms with Crippen LogP contribution in [-0.2, 0) is 45.2 Å². The van der Waals surface area contributed by atoms with Crippen LogP contribution in [0.3, 0.4) is 0 Å². The van der Waals surface area contributed by atoms with Crippen molar-refractivity contribution >= 4 is 46.6 Å². The summed E-state index contributed by atoms with van der Waals surface area (Å²) in [6.45, 7) is 6.08. The predicted molar refractivity (Wildman–Crippen MR) is 195 cm³/mol. The highest BCUT2D eigenvalue weighted by atomic mass is 35.5. The number of carbonyl (C=O) groups is 4. The summed E-state index contributed by atoms with van der Waals surface area (Å²) >= 11 is 6.14. The standard InChI is InChI=1S/C38H46ClN5O7/c1-38(2,3)51-37(49)44-32(35(46)47)21-28-27-16-8-10-18-30(27)43-33(28)23-41-31(34(45)42-22-25-13-5-4-6-14-25)19-11-12-20-40-36(48)50-24-26-15-7-9-17-29(26)39/h4-10,13-18,31-32,41,43H,11-12,19-24H2,1-3H3,(H,40,48)(H,42,45)(H,44,49)(H,46,47)/t31-,32-/m1/s1.